The van der Waals surface area contributed by atoms with E-state index in [2.05, 4.69) is 135 Å². The van der Waals surface area contributed by atoms with Gasteiger partial charge in [0, 0.05) is 35.1 Å². The van der Waals surface area contributed by atoms with Crippen LogP contribution >= 0.6 is 0 Å². The molecule has 5 aromatic carbocycles. The van der Waals surface area contributed by atoms with E-state index in [4.69, 9.17) is 0 Å². The second kappa shape index (κ2) is 14.4. The molecule has 0 amide bonds. The summed E-state index contributed by atoms with van der Waals surface area (Å²) in [5.74, 6) is 14.4. The predicted octanol–water partition coefficient (Wildman–Crippen LogP) is 9.14. The van der Waals surface area contributed by atoms with E-state index in [1.165, 1.54) is 119 Å². The van der Waals surface area contributed by atoms with Gasteiger partial charge in [0.2, 0.25) is 0 Å². The van der Waals surface area contributed by atoms with Gasteiger partial charge in [-0.25, -0.2) is 0 Å². The SMILES string of the molecule is C[N+]1(CCc2ccc3c(C#Cc4ccccc4)c4cc(CC[N+]5(C)CCCCC5)ccc4c(C#Cc4ccccc4)c3c2)CCCCC1. The molecule has 0 unspecified atom stereocenters. The molecule has 0 saturated carbocycles. The number of quaternary nitrogens is 2. The Morgan fingerprint density at radius 3 is 1.23 bits per heavy atom. The third-order valence-electron chi connectivity index (χ3n) is 11.1. The fourth-order valence-electron chi connectivity index (χ4n) is 8.01. The molecule has 0 bridgehead atoms. The van der Waals surface area contributed by atoms with Crippen molar-refractivity contribution in [2.45, 2.75) is 51.4 Å². The van der Waals surface area contributed by atoms with E-state index in [0.717, 1.165) is 35.1 Å². The Morgan fingerprint density at radius 2 is 0.833 bits per heavy atom. The Balaban J connectivity index is 1.37. The molecule has 2 nitrogen and oxygen atoms in total. The van der Waals surface area contributed by atoms with Gasteiger partial charge in [0.25, 0.3) is 0 Å². The molecule has 0 atom stereocenters. The summed E-state index contributed by atoms with van der Waals surface area (Å²) in [6.07, 6.45) is 10.3. The molecule has 0 aliphatic carbocycles. The van der Waals surface area contributed by atoms with Gasteiger partial charge < -0.3 is 8.97 Å². The summed E-state index contributed by atoms with van der Waals surface area (Å²) >= 11 is 0. The van der Waals surface area contributed by atoms with Crippen LogP contribution in [0, 0.1) is 23.7 Å². The van der Waals surface area contributed by atoms with Gasteiger partial charge in [-0.3, -0.25) is 0 Å². The summed E-state index contributed by atoms with van der Waals surface area (Å²) in [6, 6.07) is 35.1. The number of hydrogen-bond donors (Lipinski definition) is 0. The number of fused-ring (bicyclic) bond motifs is 2. The molecule has 2 saturated heterocycles. The van der Waals surface area contributed by atoms with E-state index in [9.17, 15) is 0 Å². The molecule has 2 fully saturated rings. The van der Waals surface area contributed by atoms with Crippen molar-refractivity contribution in [1.29, 1.82) is 0 Å². The number of nitrogens with zero attached hydrogens (tertiary/aromatic N) is 2. The molecule has 2 heteroatoms. The van der Waals surface area contributed by atoms with Crippen molar-refractivity contribution in [3.05, 3.63) is 130 Å². The highest BCUT2D eigenvalue weighted by Crippen LogP contribution is 2.34. The molecule has 7 rings (SSSR count). The van der Waals surface area contributed by atoms with Gasteiger partial charge in [-0.05, 0) is 108 Å². The van der Waals surface area contributed by atoms with Crippen LogP contribution in [0.3, 0.4) is 0 Å². The first-order valence-electron chi connectivity index (χ1n) is 18.3. The Bertz CT molecular complexity index is 1860. The largest absolute Gasteiger partial charge is 0.326 e. The number of likely N-dealkylation sites (N-methyl/N-ethyl adjacent to an activating group) is 2. The Labute approximate surface area is 288 Å². The molecule has 242 valence electrons. The summed E-state index contributed by atoms with van der Waals surface area (Å²) in [6.45, 7) is 7.56. The molecule has 2 heterocycles. The van der Waals surface area contributed by atoms with E-state index >= 15 is 0 Å². The second-order valence-corrected chi connectivity index (χ2v) is 14.9. The zero-order valence-corrected chi connectivity index (χ0v) is 29.0. The minimum Gasteiger partial charge on any atom is -0.326 e. The molecule has 0 radical (unpaired) electrons. The molecular weight excluding hydrogens is 581 g/mol. The number of piperidine rings is 2. The summed E-state index contributed by atoms with van der Waals surface area (Å²) in [4.78, 5) is 0. The number of benzene rings is 5. The van der Waals surface area contributed by atoms with Crippen LogP contribution in [0.4, 0.5) is 0 Å². The van der Waals surface area contributed by atoms with Crippen molar-refractivity contribution in [3.63, 3.8) is 0 Å². The summed E-state index contributed by atoms with van der Waals surface area (Å²) < 4.78 is 2.37. The van der Waals surface area contributed by atoms with E-state index in [1.807, 2.05) is 0 Å². The molecule has 2 aliphatic heterocycles. The molecule has 0 aromatic heterocycles. The van der Waals surface area contributed by atoms with Gasteiger partial charge in [0.05, 0.1) is 53.4 Å². The summed E-state index contributed by atoms with van der Waals surface area (Å²) in [7, 11) is 4.90. The van der Waals surface area contributed by atoms with Crippen molar-refractivity contribution in [1.82, 2.24) is 0 Å². The van der Waals surface area contributed by atoms with Crippen LogP contribution in [0.1, 0.15) is 71.9 Å². The highest BCUT2D eigenvalue weighted by Gasteiger charge is 2.26. The third kappa shape index (κ3) is 7.53. The van der Waals surface area contributed by atoms with Gasteiger partial charge in [-0.2, -0.15) is 0 Å². The number of rotatable bonds is 6. The first-order chi connectivity index (χ1) is 23.5. The molecule has 0 spiro atoms. The maximum absolute atomic E-state index is 3.69. The Kier molecular flexibility index (Phi) is 9.68. The lowest BCUT2D eigenvalue weighted by Crippen LogP contribution is -2.49. The van der Waals surface area contributed by atoms with E-state index in [0.29, 0.717) is 0 Å². The van der Waals surface area contributed by atoms with Crippen LogP contribution in [0.2, 0.25) is 0 Å². The van der Waals surface area contributed by atoms with Crippen LogP contribution in [0.15, 0.2) is 97.1 Å². The number of likely N-dealkylation sites (tertiary alicyclic amines) is 2. The van der Waals surface area contributed by atoms with Gasteiger partial charge in [0.15, 0.2) is 0 Å². The average Bonchev–Trinajstić information content (AvgIpc) is 3.13. The monoisotopic (exact) mass is 630 g/mol. The molecule has 5 aromatic rings. The summed E-state index contributed by atoms with van der Waals surface area (Å²) in [5, 5.41) is 4.86. The average molecular weight is 631 g/mol. The zero-order chi connectivity index (χ0) is 32.8. The Hall–Kier alpha value is -4.34. The van der Waals surface area contributed by atoms with Gasteiger partial charge in [-0.15, -0.1) is 0 Å². The fraction of sp³-hybridized carbons (Fsp3) is 0.348. The van der Waals surface area contributed by atoms with Crippen molar-refractivity contribution in [3.8, 4) is 23.7 Å². The molecule has 0 N–H and O–H groups in total. The van der Waals surface area contributed by atoms with Crippen LogP contribution < -0.4 is 0 Å². The second-order valence-electron chi connectivity index (χ2n) is 14.9. The predicted molar refractivity (Wildman–Crippen MR) is 203 cm³/mol. The van der Waals surface area contributed by atoms with Crippen LogP contribution in [-0.2, 0) is 12.8 Å². The summed E-state index contributed by atoms with van der Waals surface area (Å²) in [5.41, 5.74) is 7.12. The topological polar surface area (TPSA) is 0 Å². The third-order valence-corrected chi connectivity index (χ3v) is 11.1. The van der Waals surface area contributed by atoms with Crippen molar-refractivity contribution in [2.75, 3.05) is 53.4 Å². The molecule has 48 heavy (non-hydrogen) atoms. The minimum absolute atomic E-state index is 1.04. The number of hydrogen-bond acceptors (Lipinski definition) is 0. The van der Waals surface area contributed by atoms with Gasteiger partial charge >= 0.3 is 0 Å². The van der Waals surface area contributed by atoms with Crippen LogP contribution in [0.25, 0.3) is 21.5 Å². The normalized spacial score (nSPS) is 16.9. The quantitative estimate of drug-likeness (QED) is 0.0997. The lowest BCUT2D eigenvalue weighted by atomic mass is 9.89. The fourth-order valence-corrected chi connectivity index (χ4v) is 8.01. The first-order valence-corrected chi connectivity index (χ1v) is 18.3. The van der Waals surface area contributed by atoms with Crippen molar-refractivity contribution < 1.29 is 8.97 Å². The Morgan fingerprint density at radius 1 is 0.438 bits per heavy atom. The van der Waals surface area contributed by atoms with E-state index in [1.54, 1.807) is 0 Å². The molecular formula is C46H50N2+2. The zero-order valence-electron chi connectivity index (χ0n) is 29.0. The lowest BCUT2D eigenvalue weighted by Gasteiger charge is -2.38. The van der Waals surface area contributed by atoms with Crippen molar-refractivity contribution in [2.24, 2.45) is 0 Å². The highest BCUT2D eigenvalue weighted by molar-refractivity contribution is 6.10. The lowest BCUT2D eigenvalue weighted by molar-refractivity contribution is -0.913. The molecule has 2 aliphatic rings. The van der Waals surface area contributed by atoms with E-state index < -0.39 is 0 Å². The minimum atomic E-state index is 1.04. The smallest absolute Gasteiger partial charge is 0.0825 e. The maximum atomic E-state index is 3.69. The van der Waals surface area contributed by atoms with Gasteiger partial charge in [0.1, 0.15) is 0 Å². The first kappa shape index (κ1) is 32.2. The van der Waals surface area contributed by atoms with Crippen molar-refractivity contribution >= 4 is 21.5 Å². The van der Waals surface area contributed by atoms with Crippen LogP contribution in [-0.4, -0.2) is 62.3 Å². The van der Waals surface area contributed by atoms with E-state index in [-0.39, 0.29) is 0 Å². The van der Waals surface area contributed by atoms with Gasteiger partial charge in [-0.1, -0.05) is 84.3 Å². The van der Waals surface area contributed by atoms with Crippen LogP contribution in [0.5, 0.6) is 0 Å². The standard InChI is InChI=1S/C46H50N2/c1-47(29-11-5-12-30-47)33-27-39-21-25-43-42(24-20-38-17-9-4-10-18-38)46-36-40(28-34-48(2)31-13-6-14-32-48)22-26-44(46)41(45(43)35-39)23-19-37-15-7-3-8-16-37/h3-4,7-10,15-18,21-22,25-26,35-36H,5-6,11-14,27-34H2,1-2H3/q+2. The maximum Gasteiger partial charge on any atom is 0.0825 e. The highest BCUT2D eigenvalue weighted by atomic mass is 15.3.